The van der Waals surface area contributed by atoms with Gasteiger partial charge in [0.25, 0.3) is 11.5 Å². The van der Waals surface area contributed by atoms with Crippen molar-refractivity contribution in [2.75, 3.05) is 13.1 Å². The van der Waals surface area contributed by atoms with E-state index in [0.717, 1.165) is 12.0 Å². The van der Waals surface area contributed by atoms with E-state index in [1.165, 1.54) is 4.40 Å². The Labute approximate surface area is 195 Å². The molecule has 0 atom stereocenters. The van der Waals surface area contributed by atoms with Gasteiger partial charge in [0.05, 0.1) is 10.9 Å². The number of fused-ring (bicyclic) bond motifs is 4. The molecule has 0 saturated carbocycles. The maximum Gasteiger partial charge on any atom is 0.339 e. The summed E-state index contributed by atoms with van der Waals surface area (Å²) in [5.74, 6) is -0.426. The number of carbonyl (C=O) groups excluding carboxylic acids is 2. The number of benzene rings is 1. The first-order chi connectivity index (χ1) is 16.5. The van der Waals surface area contributed by atoms with Gasteiger partial charge in [0.1, 0.15) is 22.6 Å². The number of pyridine rings is 1. The number of carbonyl (C=O) groups is 2. The number of amides is 1. The smallest absolute Gasteiger partial charge is 0.339 e. The standard InChI is InChI=1S/C26H24N4O4/c1-2-12-29-20(16-18-22(29)27-21-9-5-6-13-30(21)23(18)31)24(32)28-14-10-26(11-15-28)19-8-4-3-7-17(19)25(33)34-26/h3-9,13,16H,2,10-12,14-15H2,1H3. The van der Waals surface area contributed by atoms with Crippen LogP contribution in [-0.2, 0) is 16.9 Å². The fraction of sp³-hybridized carbons (Fsp3) is 0.308. The Bertz CT molecular complexity index is 1530. The lowest BCUT2D eigenvalue weighted by molar-refractivity contribution is -0.0390. The molecule has 0 bridgehead atoms. The van der Waals surface area contributed by atoms with E-state index >= 15 is 0 Å². The number of hydrogen-bond donors (Lipinski definition) is 0. The van der Waals surface area contributed by atoms with Crippen LogP contribution in [0.5, 0.6) is 0 Å². The summed E-state index contributed by atoms with van der Waals surface area (Å²) >= 11 is 0. The van der Waals surface area contributed by atoms with Crippen LogP contribution in [0.2, 0.25) is 0 Å². The van der Waals surface area contributed by atoms with Crippen LogP contribution in [0, 0.1) is 0 Å². The summed E-state index contributed by atoms with van der Waals surface area (Å²) in [5, 5.41) is 0.438. The van der Waals surface area contributed by atoms with Crippen LogP contribution in [0.3, 0.4) is 0 Å². The third-order valence-electron chi connectivity index (χ3n) is 7.03. The van der Waals surface area contributed by atoms with Crippen LogP contribution in [0.1, 0.15) is 52.6 Å². The number of rotatable bonds is 3. The van der Waals surface area contributed by atoms with Gasteiger partial charge in [0, 0.05) is 44.2 Å². The molecule has 34 heavy (non-hydrogen) atoms. The second-order valence-electron chi connectivity index (χ2n) is 8.99. The molecule has 1 saturated heterocycles. The Morgan fingerprint density at radius 1 is 1.09 bits per heavy atom. The molecule has 1 aromatic carbocycles. The van der Waals surface area contributed by atoms with Gasteiger partial charge in [-0.2, -0.15) is 0 Å². The third kappa shape index (κ3) is 2.91. The molecule has 1 fully saturated rings. The first kappa shape index (κ1) is 20.7. The van der Waals surface area contributed by atoms with Crippen molar-refractivity contribution in [3.05, 3.63) is 81.9 Å². The number of piperidine rings is 1. The Hall–Kier alpha value is -3.94. The van der Waals surface area contributed by atoms with E-state index in [1.807, 2.05) is 35.8 Å². The summed E-state index contributed by atoms with van der Waals surface area (Å²) in [7, 11) is 0. The van der Waals surface area contributed by atoms with E-state index in [9.17, 15) is 14.4 Å². The first-order valence-corrected chi connectivity index (χ1v) is 11.7. The molecule has 1 amide bonds. The molecule has 4 aromatic rings. The van der Waals surface area contributed by atoms with Crippen molar-refractivity contribution < 1.29 is 14.3 Å². The fourth-order valence-corrected chi connectivity index (χ4v) is 5.33. The molecule has 2 aliphatic rings. The molecule has 1 spiro atoms. The Kier molecular flexibility index (Phi) is 4.58. The van der Waals surface area contributed by atoms with E-state index < -0.39 is 5.60 Å². The SMILES string of the molecule is CCCn1c(C(=O)N2CCC3(CC2)OC(=O)c2ccccc23)cc2c(=O)n3ccccc3nc21. The van der Waals surface area contributed by atoms with E-state index in [4.69, 9.17) is 9.72 Å². The molecule has 8 heteroatoms. The van der Waals surface area contributed by atoms with Crippen LogP contribution in [0.15, 0.2) is 59.5 Å². The van der Waals surface area contributed by atoms with Crippen LogP contribution in [-0.4, -0.2) is 43.8 Å². The molecular weight excluding hydrogens is 432 g/mol. The zero-order valence-corrected chi connectivity index (χ0v) is 18.9. The number of aromatic nitrogens is 3. The lowest BCUT2D eigenvalue weighted by Gasteiger charge is -2.38. The lowest BCUT2D eigenvalue weighted by atomic mass is 9.83. The molecule has 0 aliphatic carbocycles. The largest absolute Gasteiger partial charge is 0.450 e. The normalized spacial score (nSPS) is 16.9. The molecule has 5 heterocycles. The topological polar surface area (TPSA) is 85.9 Å². The maximum atomic E-state index is 13.6. The Morgan fingerprint density at radius 2 is 1.85 bits per heavy atom. The van der Waals surface area contributed by atoms with Crippen LogP contribution in [0.25, 0.3) is 16.7 Å². The van der Waals surface area contributed by atoms with Gasteiger partial charge in [-0.3, -0.25) is 14.0 Å². The molecule has 8 nitrogen and oxygen atoms in total. The van der Waals surface area contributed by atoms with Crippen molar-refractivity contribution in [3.63, 3.8) is 0 Å². The van der Waals surface area contributed by atoms with Crippen molar-refractivity contribution in [1.82, 2.24) is 18.9 Å². The van der Waals surface area contributed by atoms with Gasteiger partial charge >= 0.3 is 5.97 Å². The van der Waals surface area contributed by atoms with E-state index in [1.54, 1.807) is 35.4 Å². The second-order valence-corrected chi connectivity index (χ2v) is 8.99. The zero-order valence-electron chi connectivity index (χ0n) is 18.9. The van der Waals surface area contributed by atoms with Gasteiger partial charge in [0.2, 0.25) is 0 Å². The molecule has 0 radical (unpaired) electrons. The summed E-state index contributed by atoms with van der Waals surface area (Å²) in [5.41, 5.74) is 2.23. The minimum Gasteiger partial charge on any atom is -0.450 e. The molecule has 172 valence electrons. The highest BCUT2D eigenvalue weighted by molar-refractivity contribution is 5.98. The van der Waals surface area contributed by atoms with Crippen molar-refractivity contribution in [2.45, 2.75) is 38.3 Å². The number of esters is 1. The quantitative estimate of drug-likeness (QED) is 0.441. The third-order valence-corrected chi connectivity index (χ3v) is 7.03. The summed E-state index contributed by atoms with van der Waals surface area (Å²) in [6.45, 7) is 3.54. The van der Waals surface area contributed by atoms with Crippen molar-refractivity contribution >= 4 is 28.6 Å². The van der Waals surface area contributed by atoms with Gasteiger partial charge in [-0.25, -0.2) is 9.78 Å². The maximum absolute atomic E-state index is 13.6. The number of likely N-dealkylation sites (tertiary alicyclic amines) is 1. The monoisotopic (exact) mass is 456 g/mol. The fourth-order valence-electron chi connectivity index (χ4n) is 5.33. The van der Waals surface area contributed by atoms with Gasteiger partial charge in [-0.1, -0.05) is 31.2 Å². The number of hydrogen-bond acceptors (Lipinski definition) is 5. The first-order valence-electron chi connectivity index (χ1n) is 11.7. The highest BCUT2D eigenvalue weighted by Crippen LogP contribution is 2.44. The van der Waals surface area contributed by atoms with E-state index in [-0.39, 0.29) is 17.4 Å². The number of ether oxygens (including phenoxy) is 1. The molecule has 0 unspecified atom stereocenters. The predicted molar refractivity (Wildman–Crippen MR) is 126 cm³/mol. The molecule has 6 rings (SSSR count). The lowest BCUT2D eigenvalue weighted by Crippen LogP contribution is -2.45. The summed E-state index contributed by atoms with van der Waals surface area (Å²) in [6, 6.07) is 14.6. The van der Waals surface area contributed by atoms with Gasteiger partial charge in [0.15, 0.2) is 0 Å². The zero-order chi connectivity index (χ0) is 23.4. The molecular formula is C26H24N4O4. The van der Waals surface area contributed by atoms with Gasteiger partial charge in [-0.05, 0) is 30.7 Å². The minimum atomic E-state index is -0.668. The van der Waals surface area contributed by atoms with Crippen molar-refractivity contribution in [1.29, 1.82) is 0 Å². The minimum absolute atomic E-state index is 0.132. The molecule has 3 aromatic heterocycles. The van der Waals surface area contributed by atoms with Crippen LogP contribution >= 0.6 is 0 Å². The van der Waals surface area contributed by atoms with Gasteiger partial charge < -0.3 is 14.2 Å². The second kappa shape index (κ2) is 7.55. The summed E-state index contributed by atoms with van der Waals surface area (Å²) in [4.78, 5) is 45.6. The number of nitrogens with zero attached hydrogens (tertiary/aromatic N) is 4. The Morgan fingerprint density at radius 3 is 2.65 bits per heavy atom. The van der Waals surface area contributed by atoms with Crippen LogP contribution < -0.4 is 5.56 Å². The van der Waals surface area contributed by atoms with E-state index in [2.05, 4.69) is 0 Å². The highest BCUT2D eigenvalue weighted by atomic mass is 16.6. The summed E-state index contributed by atoms with van der Waals surface area (Å²) < 4.78 is 9.19. The van der Waals surface area contributed by atoms with Crippen LogP contribution in [0.4, 0.5) is 0 Å². The number of aryl methyl sites for hydroxylation is 1. The highest BCUT2D eigenvalue weighted by Gasteiger charge is 2.47. The van der Waals surface area contributed by atoms with Gasteiger partial charge in [-0.15, -0.1) is 0 Å². The molecule has 0 N–H and O–H groups in total. The average Bonchev–Trinajstić information content (AvgIpc) is 3.35. The average molecular weight is 457 g/mol. The summed E-state index contributed by atoms with van der Waals surface area (Å²) in [6.07, 6.45) is 3.57. The Balaban J connectivity index is 1.35. The van der Waals surface area contributed by atoms with E-state index in [0.29, 0.717) is 60.4 Å². The molecule has 2 aliphatic heterocycles. The van der Waals surface area contributed by atoms with Crippen molar-refractivity contribution in [2.24, 2.45) is 0 Å². The van der Waals surface area contributed by atoms with Crippen molar-refractivity contribution in [3.8, 4) is 0 Å². The predicted octanol–water partition coefficient (Wildman–Crippen LogP) is 3.36.